The maximum absolute atomic E-state index is 13.0. The first kappa shape index (κ1) is 21.7. The Balaban J connectivity index is 1.64. The Hall–Kier alpha value is -2.55. The Morgan fingerprint density at radius 2 is 1.65 bits per heavy atom. The summed E-state index contributed by atoms with van der Waals surface area (Å²) in [6.45, 7) is 2.17. The van der Waals surface area contributed by atoms with E-state index in [2.05, 4.69) is 5.32 Å². The van der Waals surface area contributed by atoms with E-state index in [4.69, 9.17) is 0 Å². The molecule has 1 aliphatic carbocycles. The van der Waals surface area contributed by atoms with Gasteiger partial charge in [-0.25, -0.2) is 0 Å². The van der Waals surface area contributed by atoms with Gasteiger partial charge in [-0.15, -0.1) is 0 Å². The number of nitrogens with zero attached hydrogens (tertiary/aromatic N) is 1. The number of halogens is 5. The molecule has 4 rings (SSSR count). The van der Waals surface area contributed by atoms with Crippen LogP contribution in [0.1, 0.15) is 48.5 Å². The smallest absolute Gasteiger partial charge is 0.310 e. The highest BCUT2D eigenvalue weighted by Crippen LogP contribution is 3.02. The van der Waals surface area contributed by atoms with Crippen molar-refractivity contribution in [1.29, 1.82) is 0 Å². The van der Waals surface area contributed by atoms with Gasteiger partial charge in [0.1, 0.15) is 4.90 Å². The third kappa shape index (κ3) is 4.56. The Morgan fingerprint density at radius 1 is 1.00 bits per heavy atom. The van der Waals surface area contributed by atoms with Gasteiger partial charge in [0.25, 0.3) is 5.91 Å². The molecule has 1 aliphatic rings. The van der Waals surface area contributed by atoms with Gasteiger partial charge in [-0.3, -0.25) is 4.79 Å². The summed E-state index contributed by atoms with van der Waals surface area (Å²) in [6.07, 6.45) is 5.68. The summed E-state index contributed by atoms with van der Waals surface area (Å²) in [7, 11) is -9.70. The van der Waals surface area contributed by atoms with Crippen molar-refractivity contribution in [3.05, 3.63) is 65.9 Å². The SMILES string of the molecule is CC1(NC(=O)c2cccc3ccn(Cc4ccc(S(F)(F)(F)(F)F)cc4)c23)CCCC1. The van der Waals surface area contributed by atoms with Crippen LogP contribution in [0.15, 0.2) is 59.6 Å². The summed E-state index contributed by atoms with van der Waals surface area (Å²) in [5.41, 5.74) is 1.29. The number of carbonyl (C=O) groups excluding carboxylic acids is 1. The molecule has 1 heterocycles. The molecule has 0 radical (unpaired) electrons. The molecule has 2 aromatic carbocycles. The van der Waals surface area contributed by atoms with E-state index >= 15 is 0 Å². The van der Waals surface area contributed by atoms with E-state index in [-0.39, 0.29) is 18.0 Å². The molecule has 1 amide bonds. The van der Waals surface area contributed by atoms with Crippen molar-refractivity contribution in [3.63, 3.8) is 0 Å². The largest absolute Gasteiger partial charge is 0.347 e. The molecule has 0 atom stereocenters. The summed E-state index contributed by atoms with van der Waals surface area (Å²) in [5, 5.41) is 3.93. The first-order chi connectivity index (χ1) is 14.2. The van der Waals surface area contributed by atoms with Crippen LogP contribution in [0.4, 0.5) is 19.4 Å². The lowest BCUT2D eigenvalue weighted by Crippen LogP contribution is -2.43. The van der Waals surface area contributed by atoms with E-state index in [0.717, 1.165) is 43.2 Å². The average molecular weight is 458 g/mol. The van der Waals surface area contributed by atoms with Gasteiger partial charge in [0.15, 0.2) is 0 Å². The predicted molar refractivity (Wildman–Crippen MR) is 113 cm³/mol. The van der Waals surface area contributed by atoms with Crippen LogP contribution in [0.25, 0.3) is 10.9 Å². The van der Waals surface area contributed by atoms with Gasteiger partial charge in [0.05, 0.1) is 11.1 Å². The molecule has 1 N–H and O–H groups in total. The minimum absolute atomic E-state index is 0.145. The Labute approximate surface area is 177 Å². The number of amides is 1. The zero-order valence-corrected chi connectivity index (χ0v) is 17.7. The molecular formula is C22H23F5N2OS. The van der Waals surface area contributed by atoms with Crippen molar-refractivity contribution >= 4 is 27.0 Å². The zero-order chi connectivity index (χ0) is 22.6. The van der Waals surface area contributed by atoms with Crippen LogP contribution in [-0.4, -0.2) is 16.0 Å². The van der Waals surface area contributed by atoms with Gasteiger partial charge in [0.2, 0.25) is 0 Å². The van der Waals surface area contributed by atoms with Gasteiger partial charge in [-0.1, -0.05) is 56.5 Å². The molecular weight excluding hydrogens is 435 g/mol. The summed E-state index contributed by atoms with van der Waals surface area (Å²) >= 11 is 0. The second-order valence-electron chi connectivity index (χ2n) is 8.52. The lowest BCUT2D eigenvalue weighted by atomic mass is 9.99. The van der Waals surface area contributed by atoms with Crippen LogP contribution in [0.3, 0.4) is 0 Å². The molecule has 1 aromatic heterocycles. The second-order valence-corrected chi connectivity index (χ2v) is 10.9. The van der Waals surface area contributed by atoms with Crippen LogP contribution in [-0.2, 0) is 6.54 Å². The second kappa shape index (κ2) is 6.48. The minimum atomic E-state index is -9.70. The van der Waals surface area contributed by atoms with E-state index in [1.165, 1.54) is 0 Å². The summed E-state index contributed by atoms with van der Waals surface area (Å²) in [6, 6.07) is 10.1. The molecule has 0 unspecified atom stereocenters. The number of nitrogens with one attached hydrogen (secondary N) is 1. The highest BCUT2D eigenvalue weighted by molar-refractivity contribution is 8.45. The Kier molecular flexibility index (Phi) is 4.53. The Morgan fingerprint density at radius 3 is 2.26 bits per heavy atom. The van der Waals surface area contributed by atoms with Crippen molar-refractivity contribution < 1.29 is 24.2 Å². The van der Waals surface area contributed by atoms with Crippen molar-refractivity contribution in [1.82, 2.24) is 9.88 Å². The average Bonchev–Trinajstić information content (AvgIpc) is 3.27. The van der Waals surface area contributed by atoms with Gasteiger partial charge in [0, 0.05) is 23.7 Å². The lowest BCUT2D eigenvalue weighted by Gasteiger charge is -2.40. The first-order valence-electron chi connectivity index (χ1n) is 9.98. The number of para-hydroxylation sites is 1. The predicted octanol–water partition coefficient (Wildman–Crippen LogP) is 7.41. The van der Waals surface area contributed by atoms with Gasteiger partial charge < -0.3 is 9.88 Å². The normalized spacial score (nSPS) is 18.5. The van der Waals surface area contributed by atoms with Crippen molar-refractivity contribution in [3.8, 4) is 0 Å². The fraction of sp³-hybridized carbons (Fsp3) is 0.318. The monoisotopic (exact) mass is 458 g/mol. The van der Waals surface area contributed by atoms with Crippen LogP contribution in [0.2, 0.25) is 0 Å². The van der Waals surface area contributed by atoms with E-state index in [1.54, 1.807) is 22.9 Å². The molecule has 0 aliphatic heterocycles. The summed E-state index contributed by atoms with van der Waals surface area (Å²) in [4.78, 5) is 11.1. The number of hydrogen-bond donors (Lipinski definition) is 1. The standard InChI is InChI=1S/C22H23F5N2OS/c1-22(12-2-3-13-22)28-21(30)19-6-4-5-17-11-14-29(20(17)19)15-16-7-9-18(10-8-16)31(23,24,25,26)27/h4-11,14H,2-3,12-13,15H2,1H3,(H,28,30). The minimum Gasteiger partial charge on any atom is -0.347 e. The molecule has 3 aromatic rings. The van der Waals surface area contributed by atoms with Crippen molar-refractivity contribution in [2.75, 3.05) is 0 Å². The number of hydrogen-bond acceptors (Lipinski definition) is 1. The van der Waals surface area contributed by atoms with Gasteiger partial charge in [-0.05, 0) is 49.6 Å². The van der Waals surface area contributed by atoms with E-state index in [9.17, 15) is 24.2 Å². The molecule has 1 fully saturated rings. The van der Waals surface area contributed by atoms with Crippen LogP contribution >= 0.6 is 10.2 Å². The highest BCUT2D eigenvalue weighted by Gasteiger charge is 2.65. The fourth-order valence-corrected chi connectivity index (χ4v) is 4.90. The van der Waals surface area contributed by atoms with Crippen molar-refractivity contribution in [2.45, 2.75) is 49.6 Å². The van der Waals surface area contributed by atoms with Crippen molar-refractivity contribution in [2.24, 2.45) is 0 Å². The third-order valence-corrected chi connectivity index (χ3v) is 7.04. The third-order valence-electron chi connectivity index (χ3n) is 5.88. The number of carbonyl (C=O) groups is 1. The molecule has 0 spiro atoms. The molecule has 9 heteroatoms. The van der Waals surface area contributed by atoms with Gasteiger partial charge in [-0.2, -0.15) is 0 Å². The molecule has 0 bridgehead atoms. The van der Waals surface area contributed by atoms with E-state index < -0.39 is 15.1 Å². The number of benzene rings is 2. The highest BCUT2D eigenvalue weighted by atomic mass is 32.5. The van der Waals surface area contributed by atoms with Crippen LogP contribution < -0.4 is 5.32 Å². The van der Waals surface area contributed by atoms with E-state index in [0.29, 0.717) is 28.8 Å². The Bertz CT molecular complexity index is 1150. The maximum atomic E-state index is 13.0. The van der Waals surface area contributed by atoms with Crippen LogP contribution in [0, 0.1) is 0 Å². The molecule has 168 valence electrons. The molecule has 1 saturated carbocycles. The summed E-state index contributed by atoms with van der Waals surface area (Å²) in [5.74, 6) is -0.203. The molecule has 3 nitrogen and oxygen atoms in total. The van der Waals surface area contributed by atoms with Crippen LogP contribution in [0.5, 0.6) is 0 Å². The van der Waals surface area contributed by atoms with Gasteiger partial charge >= 0.3 is 10.2 Å². The first-order valence-corrected chi connectivity index (χ1v) is 11.9. The lowest BCUT2D eigenvalue weighted by molar-refractivity contribution is 0.0909. The maximum Gasteiger partial charge on any atom is 0.310 e. The number of aromatic nitrogens is 1. The fourth-order valence-electron chi connectivity index (χ4n) is 4.25. The zero-order valence-electron chi connectivity index (χ0n) is 16.9. The molecule has 0 saturated heterocycles. The number of rotatable bonds is 5. The quantitative estimate of drug-likeness (QED) is 0.397. The topological polar surface area (TPSA) is 34.0 Å². The number of fused-ring (bicyclic) bond motifs is 1. The van der Waals surface area contributed by atoms with E-state index in [1.807, 2.05) is 19.1 Å². The molecule has 31 heavy (non-hydrogen) atoms. The summed E-state index contributed by atoms with van der Waals surface area (Å²) < 4.78 is 66.5.